The normalized spacial score (nSPS) is 9.60. The Morgan fingerprint density at radius 1 is 1.25 bits per heavy atom. The van der Waals surface area contributed by atoms with Gasteiger partial charge in [0, 0.05) is 19.9 Å². The van der Waals surface area contributed by atoms with Crippen LogP contribution in [0.15, 0.2) is 18.2 Å². The third-order valence-corrected chi connectivity index (χ3v) is 2.29. The van der Waals surface area contributed by atoms with E-state index < -0.39 is 12.1 Å². The molecular formula is C12H13ClN2O5. The summed E-state index contributed by atoms with van der Waals surface area (Å²) < 4.78 is 4.93. The molecule has 7 nitrogen and oxygen atoms in total. The van der Waals surface area contributed by atoms with Crippen LogP contribution in [0, 0.1) is 0 Å². The number of hydrogen-bond donors (Lipinski definition) is 1. The Bertz CT molecular complexity index is 547. The first-order chi connectivity index (χ1) is 9.29. The van der Waals surface area contributed by atoms with Crippen LogP contribution in [0.3, 0.4) is 0 Å². The van der Waals surface area contributed by atoms with E-state index >= 15 is 0 Å². The second-order valence-electron chi connectivity index (χ2n) is 3.77. The lowest BCUT2D eigenvalue weighted by Crippen LogP contribution is -2.31. The Balaban J connectivity index is 2.74. The number of nitrogens with zero attached hydrogens (tertiary/aromatic N) is 1. The van der Waals surface area contributed by atoms with Crippen LogP contribution in [0.4, 0.5) is 10.5 Å². The molecule has 20 heavy (non-hydrogen) atoms. The maximum Gasteiger partial charge on any atom is 0.448 e. The van der Waals surface area contributed by atoms with Gasteiger partial charge in [0.05, 0.1) is 17.8 Å². The lowest BCUT2D eigenvalue weighted by molar-refractivity contribution is -0.171. The van der Waals surface area contributed by atoms with Crippen molar-refractivity contribution in [2.75, 3.05) is 12.4 Å². The Morgan fingerprint density at radius 3 is 2.40 bits per heavy atom. The molecule has 0 saturated heterocycles. The van der Waals surface area contributed by atoms with Gasteiger partial charge in [-0.05, 0) is 12.1 Å². The van der Waals surface area contributed by atoms with Crippen molar-refractivity contribution >= 4 is 35.3 Å². The largest absolute Gasteiger partial charge is 0.448 e. The van der Waals surface area contributed by atoms with E-state index in [1.54, 1.807) is 0 Å². The zero-order valence-electron chi connectivity index (χ0n) is 11.1. The maximum atomic E-state index is 11.5. The summed E-state index contributed by atoms with van der Waals surface area (Å²) in [5, 5.41) is 3.37. The number of nitrogens with one attached hydrogen (secondary N) is 1. The van der Waals surface area contributed by atoms with Crippen molar-refractivity contribution in [3.63, 3.8) is 0 Å². The van der Waals surface area contributed by atoms with Crippen LogP contribution < -0.4 is 10.1 Å². The summed E-state index contributed by atoms with van der Waals surface area (Å²) in [6.45, 7) is 2.50. The summed E-state index contributed by atoms with van der Waals surface area (Å²) in [7, 11) is 1.23. The van der Waals surface area contributed by atoms with Crippen molar-refractivity contribution < 1.29 is 24.0 Å². The predicted octanol–water partition coefficient (Wildman–Crippen LogP) is 2.21. The van der Waals surface area contributed by atoms with Crippen LogP contribution in [0.2, 0.25) is 5.02 Å². The second-order valence-corrected chi connectivity index (χ2v) is 4.18. The molecule has 1 aromatic carbocycles. The first-order valence-electron chi connectivity index (χ1n) is 5.51. The molecule has 0 fully saturated rings. The molecule has 0 aliphatic carbocycles. The minimum Gasteiger partial charge on any atom is -0.408 e. The Labute approximate surface area is 120 Å². The van der Waals surface area contributed by atoms with Gasteiger partial charge in [0.15, 0.2) is 0 Å². The molecule has 0 spiro atoms. The van der Waals surface area contributed by atoms with Crippen molar-refractivity contribution in [2.45, 2.75) is 13.8 Å². The number of carbonyl (C=O) groups excluding carboxylic acids is 3. The number of carbonyl (C=O) groups is 3. The van der Waals surface area contributed by atoms with Crippen LogP contribution in [-0.2, 0) is 14.4 Å². The van der Waals surface area contributed by atoms with Gasteiger partial charge in [-0.25, -0.2) is 4.79 Å². The highest BCUT2D eigenvalue weighted by Gasteiger charge is 2.15. The van der Waals surface area contributed by atoms with E-state index in [1.165, 1.54) is 32.2 Å². The fourth-order valence-corrected chi connectivity index (χ4v) is 1.46. The molecule has 0 saturated carbocycles. The molecule has 0 heterocycles. The molecule has 1 N–H and O–H groups in total. The summed E-state index contributed by atoms with van der Waals surface area (Å²) in [5.41, 5.74) is 0.396. The topological polar surface area (TPSA) is 84.9 Å². The zero-order chi connectivity index (χ0) is 15.3. The van der Waals surface area contributed by atoms with E-state index in [2.05, 4.69) is 10.2 Å². The zero-order valence-corrected chi connectivity index (χ0v) is 11.9. The molecule has 0 aromatic heterocycles. The van der Waals surface area contributed by atoms with E-state index in [0.29, 0.717) is 10.8 Å². The number of halogens is 1. The van der Waals surface area contributed by atoms with Crippen LogP contribution in [0.5, 0.6) is 5.75 Å². The van der Waals surface area contributed by atoms with E-state index in [0.717, 1.165) is 6.92 Å². The highest BCUT2D eigenvalue weighted by Crippen LogP contribution is 2.27. The van der Waals surface area contributed by atoms with Crippen molar-refractivity contribution in [2.24, 2.45) is 0 Å². The molecular weight excluding hydrogens is 288 g/mol. The molecule has 2 amide bonds. The van der Waals surface area contributed by atoms with E-state index in [4.69, 9.17) is 16.3 Å². The van der Waals surface area contributed by atoms with Gasteiger partial charge in [-0.3, -0.25) is 9.59 Å². The summed E-state index contributed by atoms with van der Waals surface area (Å²) in [6.07, 6.45) is -0.886. The minimum absolute atomic E-state index is 0.146. The van der Waals surface area contributed by atoms with Gasteiger partial charge in [-0.15, -0.1) is 5.06 Å². The molecule has 0 bridgehead atoms. The van der Waals surface area contributed by atoms with E-state index in [9.17, 15) is 14.4 Å². The Hall–Kier alpha value is -2.28. The van der Waals surface area contributed by atoms with E-state index in [-0.39, 0.29) is 16.7 Å². The van der Waals surface area contributed by atoms with Gasteiger partial charge in [-0.2, -0.15) is 0 Å². The maximum absolute atomic E-state index is 11.5. The highest BCUT2D eigenvalue weighted by atomic mass is 35.5. The summed E-state index contributed by atoms with van der Waals surface area (Å²) in [4.78, 5) is 37.6. The van der Waals surface area contributed by atoms with Crippen LogP contribution in [0.25, 0.3) is 0 Å². The van der Waals surface area contributed by atoms with Gasteiger partial charge in [0.25, 0.3) is 0 Å². The number of hydroxylamine groups is 2. The van der Waals surface area contributed by atoms with Crippen molar-refractivity contribution in [3.8, 4) is 5.75 Å². The molecule has 0 unspecified atom stereocenters. The van der Waals surface area contributed by atoms with Crippen molar-refractivity contribution in [1.29, 1.82) is 0 Å². The van der Waals surface area contributed by atoms with Crippen LogP contribution >= 0.6 is 11.6 Å². The fraction of sp³-hybridized carbons (Fsp3) is 0.250. The quantitative estimate of drug-likeness (QED) is 0.846. The highest BCUT2D eigenvalue weighted by molar-refractivity contribution is 6.33. The fourth-order valence-electron chi connectivity index (χ4n) is 1.25. The number of amides is 2. The average Bonchev–Trinajstić information content (AvgIpc) is 2.31. The van der Waals surface area contributed by atoms with Gasteiger partial charge in [0.2, 0.25) is 5.91 Å². The first kappa shape index (κ1) is 15.8. The van der Waals surface area contributed by atoms with Gasteiger partial charge >= 0.3 is 12.1 Å². The first-order valence-corrected chi connectivity index (χ1v) is 5.88. The van der Waals surface area contributed by atoms with Gasteiger partial charge in [-0.1, -0.05) is 11.6 Å². The third-order valence-electron chi connectivity index (χ3n) is 1.98. The number of ether oxygens (including phenoxy) is 1. The molecule has 0 atom stereocenters. The predicted molar refractivity (Wildman–Crippen MR) is 71.3 cm³/mol. The lowest BCUT2D eigenvalue weighted by atomic mass is 10.3. The third kappa shape index (κ3) is 4.77. The Kier molecular flexibility index (Phi) is 5.33. The molecule has 1 rings (SSSR count). The van der Waals surface area contributed by atoms with Crippen molar-refractivity contribution in [1.82, 2.24) is 5.06 Å². The molecule has 108 valence electrons. The lowest BCUT2D eigenvalue weighted by Gasteiger charge is -2.15. The molecule has 0 aliphatic heterocycles. The number of rotatable bonds is 2. The van der Waals surface area contributed by atoms with Crippen molar-refractivity contribution in [3.05, 3.63) is 23.2 Å². The molecule has 0 aliphatic rings. The van der Waals surface area contributed by atoms with E-state index in [1.807, 2.05) is 0 Å². The number of benzene rings is 1. The summed E-state index contributed by atoms with van der Waals surface area (Å²) >= 11 is 5.92. The molecule has 1 aromatic rings. The standard InChI is InChI=1S/C12H13ClN2O5/c1-7(16)14-11-5-4-9(6-10(11)13)19-12(18)15(3)20-8(2)17/h4-6H,1-3H3,(H,14,16). The monoisotopic (exact) mass is 300 g/mol. The SMILES string of the molecule is CC(=O)Nc1ccc(OC(=O)N(C)OC(C)=O)cc1Cl. The Morgan fingerprint density at radius 2 is 1.90 bits per heavy atom. The number of hydrogen-bond acceptors (Lipinski definition) is 5. The van der Waals surface area contributed by atoms with Crippen LogP contribution in [0.1, 0.15) is 13.8 Å². The number of anilines is 1. The molecule has 0 radical (unpaired) electrons. The summed E-state index contributed by atoms with van der Waals surface area (Å²) in [5.74, 6) is -0.775. The average molecular weight is 301 g/mol. The van der Waals surface area contributed by atoms with Gasteiger partial charge in [0.1, 0.15) is 5.75 Å². The van der Waals surface area contributed by atoms with Gasteiger partial charge < -0.3 is 14.9 Å². The second kappa shape index (κ2) is 6.76. The minimum atomic E-state index is -0.886. The smallest absolute Gasteiger partial charge is 0.408 e. The van der Waals surface area contributed by atoms with Crippen LogP contribution in [-0.4, -0.2) is 30.1 Å². The summed E-state index contributed by atoms with van der Waals surface area (Å²) in [6, 6.07) is 4.28. The molecule has 8 heteroatoms.